The van der Waals surface area contributed by atoms with Gasteiger partial charge in [-0.05, 0) is 0 Å². The maximum absolute atomic E-state index is 9.52. The molecule has 0 saturated heterocycles. The molecule has 0 radical (unpaired) electrons. The first kappa shape index (κ1) is 18.9. The molecular weight excluding hydrogens is 219 g/mol. The summed E-state index contributed by atoms with van der Waals surface area (Å²) in [5.41, 5.74) is 0. The Labute approximate surface area is 96.1 Å². The van der Waals surface area contributed by atoms with E-state index in [9.17, 15) is 4.79 Å². The summed E-state index contributed by atoms with van der Waals surface area (Å²) >= 11 is 0. The van der Waals surface area contributed by atoms with E-state index in [1.807, 2.05) is 0 Å². The second-order valence-electron chi connectivity index (χ2n) is 1.48. The van der Waals surface area contributed by atoms with Crippen molar-refractivity contribution >= 4 is 45.9 Å². The van der Waals surface area contributed by atoms with E-state index in [0.29, 0.717) is 0 Å². The van der Waals surface area contributed by atoms with Crippen LogP contribution >= 0.6 is 0 Å². The normalized spacial score (nSPS) is 11.7. The molecule has 8 nitrogen and oxygen atoms in total. The van der Waals surface area contributed by atoms with Gasteiger partial charge in [-0.3, -0.25) is 9.11 Å². The van der Waals surface area contributed by atoms with Crippen LogP contribution in [0.25, 0.3) is 0 Å². The van der Waals surface area contributed by atoms with Crippen molar-refractivity contribution < 1.29 is 37.6 Å². The van der Waals surface area contributed by atoms with Gasteiger partial charge in [0.25, 0.3) is 0 Å². The molecule has 1 unspecified atom stereocenters. The Balaban J connectivity index is -0.000000150. The van der Waals surface area contributed by atoms with Crippen LogP contribution < -0.4 is 0 Å². The number of aliphatic hydroxyl groups is 2. The minimum atomic E-state index is -4.67. The van der Waals surface area contributed by atoms with Crippen molar-refractivity contribution in [3.05, 3.63) is 0 Å². The Hall–Kier alpha value is 0.260. The number of rotatable bonds is 2. The summed E-state index contributed by atoms with van der Waals surface area (Å²) in [6, 6.07) is 0. The summed E-state index contributed by atoms with van der Waals surface area (Å²) in [6.45, 7) is -0.727. The van der Waals surface area contributed by atoms with Crippen LogP contribution in [0.5, 0.6) is 0 Å². The summed E-state index contributed by atoms with van der Waals surface area (Å²) in [4.78, 5) is 9.52. The van der Waals surface area contributed by atoms with E-state index < -0.39 is 29.1 Å². The number of hydrogen-bond acceptors (Lipinski definition) is 5. The zero-order chi connectivity index (χ0) is 10.4. The third kappa shape index (κ3) is 32.9. The first-order valence-electron chi connectivity index (χ1n) is 2.40. The van der Waals surface area contributed by atoms with Gasteiger partial charge in [0, 0.05) is 0 Å². The average Bonchev–Trinajstić information content (AvgIpc) is 1.82. The van der Waals surface area contributed by atoms with Crippen LogP contribution in [-0.4, -0.2) is 81.1 Å². The van der Waals surface area contributed by atoms with Crippen LogP contribution in [0.2, 0.25) is 0 Å². The summed E-state index contributed by atoms with van der Waals surface area (Å²) in [5.74, 6) is -1.40. The van der Waals surface area contributed by atoms with Crippen LogP contribution in [0, 0.1) is 0 Å². The van der Waals surface area contributed by atoms with Gasteiger partial charge >= 0.3 is 45.9 Å². The molecule has 13 heavy (non-hydrogen) atoms. The van der Waals surface area contributed by atoms with Gasteiger partial charge in [-0.2, -0.15) is 8.42 Å². The van der Waals surface area contributed by atoms with Gasteiger partial charge in [0.1, 0.15) is 0 Å². The Kier molecular flexibility index (Phi) is 12.9. The minimum absolute atomic E-state index is 0. The molecule has 0 spiro atoms. The van der Waals surface area contributed by atoms with E-state index in [4.69, 9.17) is 32.8 Å². The predicted octanol–water partition coefficient (Wildman–Crippen LogP) is -2.88. The third-order valence-electron chi connectivity index (χ3n) is 0.458. The van der Waals surface area contributed by atoms with Crippen molar-refractivity contribution in [3.8, 4) is 0 Å². The quantitative estimate of drug-likeness (QED) is 0.249. The number of hydrogen-bond donors (Lipinski definition) is 5. The number of carbonyl (C=O) groups is 1. The van der Waals surface area contributed by atoms with Crippen LogP contribution in [0.3, 0.4) is 0 Å². The summed E-state index contributed by atoms with van der Waals surface area (Å²) in [5, 5.41) is 23.7. The Morgan fingerprint density at radius 3 is 1.54 bits per heavy atom. The van der Waals surface area contributed by atoms with E-state index in [1.54, 1.807) is 0 Å². The second-order valence-corrected chi connectivity index (χ2v) is 2.38. The van der Waals surface area contributed by atoms with Crippen molar-refractivity contribution in [1.29, 1.82) is 0 Å². The van der Waals surface area contributed by atoms with Crippen molar-refractivity contribution in [3.63, 3.8) is 0 Å². The molecule has 10 heteroatoms. The molecule has 1 atom stereocenters. The Bertz CT molecular complexity index is 214. The number of carboxylic acids is 1. The fourth-order valence-corrected chi connectivity index (χ4v) is 0.0781. The topological polar surface area (TPSA) is 152 Å². The Morgan fingerprint density at radius 2 is 1.54 bits per heavy atom. The van der Waals surface area contributed by atoms with Crippen molar-refractivity contribution in [2.24, 2.45) is 0 Å². The van der Waals surface area contributed by atoms with E-state index in [0.717, 1.165) is 0 Å². The average molecular weight is 228 g/mol. The first-order valence-corrected chi connectivity index (χ1v) is 3.79. The van der Waals surface area contributed by atoms with Crippen molar-refractivity contribution in [2.75, 3.05) is 6.61 Å². The molecule has 0 bridgehead atoms. The van der Waals surface area contributed by atoms with Crippen molar-refractivity contribution in [1.82, 2.24) is 0 Å². The molecule has 0 fully saturated rings. The zero-order valence-electron chi connectivity index (χ0n) is 5.65. The standard InChI is InChI=1S/C3H6O4.Na.H2O4S.H/c4-1-2(5)3(6)7;;1-5(2,3)4;/h2,4-5H,1H2,(H,6,7);;(H2,1,2,3,4);. The number of aliphatic carboxylic acids is 1. The molecule has 0 saturated carbocycles. The molecule has 76 valence electrons. The fraction of sp³-hybridized carbons (Fsp3) is 0.667. The molecule has 5 N–H and O–H groups in total. The molecule has 0 heterocycles. The summed E-state index contributed by atoms with van der Waals surface area (Å²) in [6.07, 6.45) is -1.63. The molecular formula is C3H9NaO8S. The van der Waals surface area contributed by atoms with E-state index in [-0.39, 0.29) is 29.6 Å². The monoisotopic (exact) mass is 228 g/mol. The summed E-state index contributed by atoms with van der Waals surface area (Å²) < 4.78 is 31.6. The SMILES string of the molecule is O=C(O)C(O)CO.O=S(=O)(O)O.[NaH]. The maximum atomic E-state index is 9.52. The molecule has 0 aromatic rings. The van der Waals surface area contributed by atoms with Gasteiger partial charge in [0.05, 0.1) is 6.61 Å². The van der Waals surface area contributed by atoms with E-state index >= 15 is 0 Å². The molecule has 0 aliphatic carbocycles. The van der Waals surface area contributed by atoms with Gasteiger partial charge in [-0.1, -0.05) is 0 Å². The second kappa shape index (κ2) is 8.84. The van der Waals surface area contributed by atoms with Gasteiger partial charge in [-0.25, -0.2) is 4.79 Å². The molecule has 0 amide bonds. The first-order chi connectivity index (χ1) is 5.18. The molecule has 0 rings (SSSR count). The van der Waals surface area contributed by atoms with Gasteiger partial charge in [0.15, 0.2) is 6.10 Å². The van der Waals surface area contributed by atoms with Crippen molar-refractivity contribution in [2.45, 2.75) is 6.10 Å². The van der Waals surface area contributed by atoms with Crippen LogP contribution in [-0.2, 0) is 15.2 Å². The van der Waals surface area contributed by atoms with Gasteiger partial charge in [0.2, 0.25) is 0 Å². The zero-order valence-corrected chi connectivity index (χ0v) is 6.47. The Morgan fingerprint density at radius 1 is 1.31 bits per heavy atom. The molecule has 0 aromatic heterocycles. The van der Waals surface area contributed by atoms with Crippen LogP contribution in [0.15, 0.2) is 0 Å². The predicted molar refractivity (Wildman–Crippen MR) is 42.1 cm³/mol. The molecule has 0 aliphatic heterocycles. The van der Waals surface area contributed by atoms with Crippen LogP contribution in [0.4, 0.5) is 0 Å². The van der Waals surface area contributed by atoms with Gasteiger partial charge in [-0.15, -0.1) is 0 Å². The number of aliphatic hydroxyl groups excluding tert-OH is 2. The van der Waals surface area contributed by atoms with E-state index in [2.05, 4.69) is 0 Å². The number of carboxylic acid groups (broad SMARTS) is 1. The fourth-order valence-electron chi connectivity index (χ4n) is 0.0781. The third-order valence-corrected chi connectivity index (χ3v) is 0.458. The molecule has 0 aromatic carbocycles. The van der Waals surface area contributed by atoms with Crippen LogP contribution in [0.1, 0.15) is 0 Å². The molecule has 0 aliphatic rings. The van der Waals surface area contributed by atoms with Gasteiger partial charge < -0.3 is 15.3 Å². The van der Waals surface area contributed by atoms with E-state index in [1.165, 1.54) is 0 Å². The summed E-state index contributed by atoms with van der Waals surface area (Å²) in [7, 11) is -4.67.